The van der Waals surface area contributed by atoms with E-state index in [1.54, 1.807) is 0 Å². The van der Waals surface area contributed by atoms with Gasteiger partial charge in [0, 0.05) is 13.8 Å². The fraction of sp³-hybridized carbons (Fsp3) is 0.860. The maximum atomic E-state index is 13.2. The van der Waals surface area contributed by atoms with E-state index in [2.05, 4.69) is 27.1 Å². The number of carbonyl (C=O) groups excluding carboxylic acids is 2. The first-order valence-corrected chi connectivity index (χ1v) is 27.0. The normalized spacial score (nSPS) is 39.0. The second-order valence-electron chi connectivity index (χ2n) is 18.9. The number of rotatable bonds is 26. The zero-order chi connectivity index (χ0) is 55.4. The van der Waals surface area contributed by atoms with Crippen molar-refractivity contribution in [3.8, 4) is 0 Å². The third kappa shape index (κ3) is 18.0. The number of hydrogen-bond donors (Lipinski definition) is 15. The molecule has 0 aromatic carbocycles. The predicted octanol–water partition coefficient (Wildman–Crippen LogP) is -3.70. The van der Waals surface area contributed by atoms with Crippen molar-refractivity contribution in [2.45, 2.75) is 196 Å². The van der Waals surface area contributed by atoms with Crippen LogP contribution in [0.25, 0.3) is 0 Å². The molecule has 0 aliphatic carbocycles. The van der Waals surface area contributed by atoms with Crippen LogP contribution in [0.15, 0.2) is 23.3 Å². The van der Waals surface area contributed by atoms with Crippen LogP contribution in [0.1, 0.15) is 73.6 Å². The summed E-state index contributed by atoms with van der Waals surface area (Å²) in [5.41, 5.74) is 2.45. The maximum Gasteiger partial charge on any atom is 0.483 e. The van der Waals surface area contributed by atoms with Crippen LogP contribution >= 0.6 is 15.6 Å². The van der Waals surface area contributed by atoms with E-state index in [4.69, 9.17) is 42.2 Å². The average molecular weight is 1120 g/mol. The molecule has 29 nitrogen and oxygen atoms in total. The first-order valence-electron chi connectivity index (χ1n) is 24.0. The summed E-state index contributed by atoms with van der Waals surface area (Å²) in [5.74, 6) is -1.74. The standard InChI is InChI=1S/C43H76N2O27P2/c1-19(2)9-7-10-20(3)11-8-12-21(4)13-14-63-73(59,60)72-74(61,62)71-41-29(45-23(6)51)33(55)37(27(18-49)67-41)68-40-28(44-22(5)50)32(54)38(26(17-48)66-40)69-43-36(58)39(31(53)25(16-47)65-43)70-42-35(57)34(56)30(52)24(15-46)64-42/h9,11,21,24-43,46-49,52-58H,7-8,10,12-18H2,1-6H3,(H,44,50)(H,45,51)(H,59,60)(H,61,62)/b20-11+/t21?,24-,25-,26-,27-,28-,29-,30-,31-,32-,33-,34+,35+,36+,37-,38-,39+,40+,41+,42-,43+/m1/s1. The lowest BCUT2D eigenvalue weighted by atomic mass is 9.94. The Labute approximate surface area is 427 Å². The molecule has 4 aliphatic rings. The molecule has 0 bridgehead atoms. The van der Waals surface area contributed by atoms with E-state index in [0.29, 0.717) is 6.42 Å². The van der Waals surface area contributed by atoms with Gasteiger partial charge in [0.05, 0.1) is 33.0 Å². The monoisotopic (exact) mass is 1110 g/mol. The van der Waals surface area contributed by atoms with Gasteiger partial charge in [-0.3, -0.25) is 18.6 Å². The Morgan fingerprint density at radius 1 is 0.554 bits per heavy atom. The van der Waals surface area contributed by atoms with Gasteiger partial charge < -0.3 is 110 Å². The largest absolute Gasteiger partial charge is 0.483 e. The number of phosphoric ester groups is 2. The molecule has 4 aliphatic heterocycles. The average Bonchev–Trinajstić information content (AvgIpc) is 3.31. The Morgan fingerprint density at radius 2 is 1.03 bits per heavy atom. The van der Waals surface area contributed by atoms with Crippen LogP contribution in [0.2, 0.25) is 0 Å². The van der Waals surface area contributed by atoms with Crippen molar-refractivity contribution >= 4 is 27.5 Å². The lowest BCUT2D eigenvalue weighted by molar-refractivity contribution is -0.379. The highest BCUT2D eigenvalue weighted by molar-refractivity contribution is 7.61. The molecule has 0 spiro atoms. The van der Waals surface area contributed by atoms with E-state index in [1.165, 1.54) is 11.1 Å². The van der Waals surface area contributed by atoms with Crippen molar-refractivity contribution < 1.29 is 131 Å². The highest BCUT2D eigenvalue weighted by atomic mass is 31.3. The summed E-state index contributed by atoms with van der Waals surface area (Å²) in [5, 5.41) is 122. The third-order valence-electron chi connectivity index (χ3n) is 12.5. The van der Waals surface area contributed by atoms with Gasteiger partial charge in [0.15, 0.2) is 25.2 Å². The molecule has 0 aromatic heterocycles. The fourth-order valence-corrected chi connectivity index (χ4v) is 10.7. The molecule has 4 rings (SSSR count). The molecule has 4 saturated heterocycles. The minimum Gasteiger partial charge on any atom is -0.394 e. The van der Waals surface area contributed by atoms with Gasteiger partial charge in [0.2, 0.25) is 11.8 Å². The Kier molecular flexibility index (Phi) is 25.5. The summed E-state index contributed by atoms with van der Waals surface area (Å²) in [6.45, 7) is 5.62. The van der Waals surface area contributed by atoms with Crippen molar-refractivity contribution in [3.63, 3.8) is 0 Å². The molecular weight excluding hydrogens is 1040 g/mol. The van der Waals surface area contributed by atoms with Gasteiger partial charge in [0.1, 0.15) is 97.5 Å². The Morgan fingerprint density at radius 3 is 1.55 bits per heavy atom. The van der Waals surface area contributed by atoms with Gasteiger partial charge in [-0.05, 0) is 58.8 Å². The Balaban J connectivity index is 1.46. The highest BCUT2D eigenvalue weighted by Gasteiger charge is 2.57. The van der Waals surface area contributed by atoms with Gasteiger partial charge in [-0.1, -0.05) is 30.2 Å². The van der Waals surface area contributed by atoms with E-state index in [1.807, 2.05) is 27.7 Å². The number of allylic oxidation sites excluding steroid dienone is 4. The molecule has 2 amide bonds. The predicted molar refractivity (Wildman–Crippen MR) is 248 cm³/mol. The quantitative estimate of drug-likeness (QED) is 0.0293. The van der Waals surface area contributed by atoms with Gasteiger partial charge in [-0.15, -0.1) is 0 Å². The van der Waals surface area contributed by atoms with Crippen LogP contribution in [-0.2, 0) is 65.2 Å². The third-order valence-corrected chi connectivity index (χ3v) is 15.2. The minimum atomic E-state index is -5.71. The van der Waals surface area contributed by atoms with E-state index in [0.717, 1.165) is 33.1 Å². The van der Waals surface area contributed by atoms with E-state index in [-0.39, 0.29) is 18.9 Å². The summed E-state index contributed by atoms with van der Waals surface area (Å²) in [6, 6.07) is -3.68. The lowest BCUT2D eigenvalue weighted by Gasteiger charge is -2.50. The second-order valence-corrected chi connectivity index (χ2v) is 21.9. The van der Waals surface area contributed by atoms with Crippen LogP contribution in [0, 0.1) is 5.92 Å². The van der Waals surface area contributed by atoms with Gasteiger partial charge in [-0.25, -0.2) is 9.13 Å². The summed E-state index contributed by atoms with van der Waals surface area (Å²) >= 11 is 0. The second kappa shape index (κ2) is 29.3. The molecule has 4 heterocycles. The van der Waals surface area contributed by atoms with E-state index in [9.17, 15) is 84.7 Å². The van der Waals surface area contributed by atoms with Crippen molar-refractivity contribution in [2.24, 2.45) is 5.92 Å². The number of phosphoric acid groups is 2. The molecule has 0 saturated carbocycles. The number of carbonyl (C=O) groups is 2. The van der Waals surface area contributed by atoms with Gasteiger partial charge >= 0.3 is 15.6 Å². The molecular formula is C43H76N2O27P2. The number of aliphatic hydroxyl groups is 11. The van der Waals surface area contributed by atoms with E-state index < -0.39 is 177 Å². The molecule has 15 N–H and O–H groups in total. The smallest absolute Gasteiger partial charge is 0.394 e. The van der Waals surface area contributed by atoms with Crippen LogP contribution in [0.5, 0.6) is 0 Å². The highest BCUT2D eigenvalue weighted by Crippen LogP contribution is 2.61. The minimum absolute atomic E-state index is 0.00337. The van der Waals surface area contributed by atoms with Crippen LogP contribution in [0.4, 0.5) is 0 Å². The van der Waals surface area contributed by atoms with Crippen LogP contribution in [0.3, 0.4) is 0 Å². The van der Waals surface area contributed by atoms with Crippen molar-refractivity contribution in [1.82, 2.24) is 10.6 Å². The molecule has 0 aromatic rings. The number of nitrogens with one attached hydrogen (secondary N) is 2. The SMILES string of the molecule is CC(=O)N[C@H]1[C@H](O[C@H]2[C@H](O)[C@@H](NC(C)=O)[C@H](OP(=O)(O)OP(=O)(O)OCCC(C)CC/C=C(\C)CCC=C(C)C)O[C@@H]2CO)O[C@H](CO)[C@@H](O[C@@H]2O[C@H](CO)[C@@H](O)[C@H](O[C@H]3O[C@H](CO)[C@@H](O)[C@H](O)[C@@H]3O)[C@@H]2O)[C@@H]1O. The van der Waals surface area contributed by atoms with Crippen LogP contribution < -0.4 is 10.6 Å². The van der Waals surface area contributed by atoms with Crippen molar-refractivity contribution in [1.29, 1.82) is 0 Å². The van der Waals surface area contributed by atoms with Crippen LogP contribution in [-0.4, -0.2) is 234 Å². The zero-order valence-electron chi connectivity index (χ0n) is 41.8. The number of amides is 2. The summed E-state index contributed by atoms with van der Waals surface area (Å²) in [7, 11) is -11.0. The molecule has 74 heavy (non-hydrogen) atoms. The maximum absolute atomic E-state index is 13.2. The first kappa shape index (κ1) is 64.5. The molecule has 3 unspecified atom stereocenters. The van der Waals surface area contributed by atoms with E-state index >= 15 is 0 Å². The van der Waals surface area contributed by atoms with Gasteiger partial charge in [-0.2, -0.15) is 4.31 Å². The number of hydrogen-bond acceptors (Lipinski definition) is 25. The number of aliphatic hydroxyl groups excluding tert-OH is 11. The topological polar surface area (TPSA) is 448 Å². The molecule has 4 fully saturated rings. The Hall–Kier alpha value is -2.04. The van der Waals surface area contributed by atoms with Crippen molar-refractivity contribution in [2.75, 3.05) is 33.0 Å². The summed E-state index contributed by atoms with van der Waals surface area (Å²) < 4.78 is 80.3. The summed E-state index contributed by atoms with van der Waals surface area (Å²) in [6.07, 6.45) is -26.5. The fourth-order valence-electron chi connectivity index (χ4n) is 8.55. The molecule has 430 valence electrons. The van der Waals surface area contributed by atoms with Gasteiger partial charge in [0.25, 0.3) is 0 Å². The number of ether oxygens (including phenoxy) is 7. The zero-order valence-corrected chi connectivity index (χ0v) is 43.6. The van der Waals surface area contributed by atoms with Crippen molar-refractivity contribution in [3.05, 3.63) is 23.3 Å². The molecule has 23 atom stereocenters. The molecule has 31 heteroatoms. The first-order chi connectivity index (χ1) is 34.7. The Bertz CT molecular complexity index is 1930. The lowest BCUT2D eigenvalue weighted by Crippen LogP contribution is -2.70. The summed E-state index contributed by atoms with van der Waals surface area (Å²) in [4.78, 5) is 45.9. The molecule has 0 radical (unpaired) electrons.